The summed E-state index contributed by atoms with van der Waals surface area (Å²) in [6.45, 7) is 1.81. The van der Waals surface area contributed by atoms with Crippen molar-refractivity contribution in [3.63, 3.8) is 0 Å². The van der Waals surface area contributed by atoms with Crippen molar-refractivity contribution in [2.45, 2.75) is 6.92 Å². The second-order valence-corrected chi connectivity index (χ2v) is 3.82. The predicted octanol–water partition coefficient (Wildman–Crippen LogP) is 1.69. The normalized spacial score (nSPS) is 10.2. The Morgan fingerprint density at radius 3 is 2.82 bits per heavy atom. The zero-order chi connectivity index (χ0) is 12.4. The summed E-state index contributed by atoms with van der Waals surface area (Å²) >= 11 is 0. The number of aromatic hydroxyl groups is 1. The Bertz CT molecular complexity index is 561. The topological polar surface area (TPSA) is 67.2 Å². The molecule has 0 saturated heterocycles. The maximum absolute atomic E-state index is 11.9. The van der Waals surface area contributed by atoms with Gasteiger partial charge in [-0.2, -0.15) is 0 Å². The number of nitrogens with one attached hydrogen (secondary N) is 1. The summed E-state index contributed by atoms with van der Waals surface area (Å²) in [7, 11) is 1.76. The molecular formula is C12H13N3O2. The van der Waals surface area contributed by atoms with Crippen molar-refractivity contribution in [1.29, 1.82) is 0 Å². The summed E-state index contributed by atoms with van der Waals surface area (Å²) in [5.74, 6) is 0.251. The minimum atomic E-state index is -0.272. The summed E-state index contributed by atoms with van der Waals surface area (Å²) in [5.41, 5.74) is 1.46. The molecule has 0 unspecified atom stereocenters. The van der Waals surface area contributed by atoms with Gasteiger partial charge in [0.25, 0.3) is 5.91 Å². The van der Waals surface area contributed by atoms with Crippen LogP contribution in [0, 0.1) is 6.92 Å². The minimum absolute atomic E-state index is 0.178. The number of imidazole rings is 1. The van der Waals surface area contributed by atoms with Crippen LogP contribution in [-0.4, -0.2) is 20.6 Å². The molecule has 88 valence electrons. The van der Waals surface area contributed by atoms with Gasteiger partial charge < -0.3 is 15.0 Å². The number of hydrogen-bond donors (Lipinski definition) is 2. The fraction of sp³-hybridized carbons (Fsp3) is 0.167. The number of benzene rings is 1. The Kier molecular flexibility index (Phi) is 2.82. The van der Waals surface area contributed by atoms with E-state index in [9.17, 15) is 9.90 Å². The highest BCUT2D eigenvalue weighted by atomic mass is 16.3. The molecule has 0 atom stereocenters. The van der Waals surface area contributed by atoms with Crippen LogP contribution in [-0.2, 0) is 7.05 Å². The largest absolute Gasteiger partial charge is 0.508 e. The zero-order valence-electron chi connectivity index (χ0n) is 9.64. The lowest BCUT2D eigenvalue weighted by Crippen LogP contribution is -2.17. The number of carbonyl (C=O) groups is 1. The smallest absolute Gasteiger partial charge is 0.291 e. The van der Waals surface area contributed by atoms with Crippen LogP contribution in [0.25, 0.3) is 0 Å². The van der Waals surface area contributed by atoms with Crippen molar-refractivity contribution in [3.05, 3.63) is 42.0 Å². The van der Waals surface area contributed by atoms with Gasteiger partial charge in [-0.05, 0) is 30.7 Å². The number of amides is 1. The molecule has 1 aromatic heterocycles. The first kappa shape index (κ1) is 11.2. The number of carbonyl (C=O) groups excluding carboxylic acids is 1. The number of aromatic nitrogens is 2. The highest BCUT2D eigenvalue weighted by Crippen LogP contribution is 2.20. The van der Waals surface area contributed by atoms with Gasteiger partial charge in [0.2, 0.25) is 0 Å². The van der Waals surface area contributed by atoms with E-state index in [2.05, 4.69) is 10.3 Å². The lowest BCUT2D eigenvalue weighted by Gasteiger charge is -2.08. The van der Waals surface area contributed by atoms with E-state index in [1.807, 2.05) is 6.92 Å². The first-order valence-corrected chi connectivity index (χ1v) is 5.16. The quantitative estimate of drug-likeness (QED) is 0.773. The average molecular weight is 231 g/mol. The van der Waals surface area contributed by atoms with Crippen molar-refractivity contribution in [3.8, 4) is 5.75 Å². The standard InChI is InChI=1S/C12H13N3O2/c1-8-7-9(16)3-4-10(8)14-12(17)11-13-5-6-15(11)2/h3-7,16H,1-2H3,(H,14,17). The van der Waals surface area contributed by atoms with Crippen molar-refractivity contribution in [2.75, 3.05) is 5.32 Å². The third-order valence-electron chi connectivity index (χ3n) is 2.48. The minimum Gasteiger partial charge on any atom is -0.508 e. The van der Waals surface area contributed by atoms with E-state index in [4.69, 9.17) is 0 Å². The van der Waals surface area contributed by atoms with E-state index in [-0.39, 0.29) is 11.7 Å². The number of anilines is 1. The molecule has 0 aliphatic carbocycles. The monoisotopic (exact) mass is 231 g/mol. The molecular weight excluding hydrogens is 218 g/mol. The van der Waals surface area contributed by atoms with Gasteiger partial charge in [0.15, 0.2) is 5.82 Å². The van der Waals surface area contributed by atoms with Crippen LogP contribution in [0.2, 0.25) is 0 Å². The molecule has 1 heterocycles. The fourth-order valence-electron chi connectivity index (χ4n) is 1.55. The first-order valence-electron chi connectivity index (χ1n) is 5.16. The van der Waals surface area contributed by atoms with Gasteiger partial charge in [-0.3, -0.25) is 4.79 Å². The van der Waals surface area contributed by atoms with E-state index in [0.29, 0.717) is 11.5 Å². The molecule has 1 amide bonds. The number of phenols is 1. The predicted molar refractivity (Wildman–Crippen MR) is 64.0 cm³/mol. The van der Waals surface area contributed by atoms with E-state index in [1.54, 1.807) is 36.1 Å². The molecule has 5 nitrogen and oxygen atoms in total. The molecule has 0 aliphatic heterocycles. The SMILES string of the molecule is Cc1cc(O)ccc1NC(=O)c1nccn1C. The van der Waals surface area contributed by atoms with Gasteiger partial charge in [0, 0.05) is 25.1 Å². The number of aryl methyl sites for hydroxylation is 2. The number of hydrogen-bond acceptors (Lipinski definition) is 3. The van der Waals surface area contributed by atoms with Gasteiger partial charge >= 0.3 is 0 Å². The van der Waals surface area contributed by atoms with Gasteiger partial charge in [0.1, 0.15) is 5.75 Å². The second-order valence-electron chi connectivity index (χ2n) is 3.82. The summed E-state index contributed by atoms with van der Waals surface area (Å²) in [6.07, 6.45) is 3.27. The Hall–Kier alpha value is -2.30. The molecule has 2 aromatic rings. The third kappa shape index (κ3) is 2.28. The maximum Gasteiger partial charge on any atom is 0.291 e. The molecule has 1 aromatic carbocycles. The van der Waals surface area contributed by atoms with Crippen LogP contribution >= 0.6 is 0 Å². The first-order chi connectivity index (χ1) is 8.08. The van der Waals surface area contributed by atoms with E-state index in [0.717, 1.165) is 5.56 Å². The average Bonchev–Trinajstić information content (AvgIpc) is 2.68. The van der Waals surface area contributed by atoms with Gasteiger partial charge in [-0.25, -0.2) is 4.98 Å². The fourth-order valence-corrected chi connectivity index (χ4v) is 1.55. The molecule has 17 heavy (non-hydrogen) atoms. The lowest BCUT2D eigenvalue weighted by atomic mass is 10.2. The highest BCUT2D eigenvalue weighted by molar-refractivity contribution is 6.02. The molecule has 0 fully saturated rings. The van der Waals surface area contributed by atoms with Gasteiger partial charge in [0.05, 0.1) is 0 Å². The van der Waals surface area contributed by atoms with Crippen LogP contribution in [0.5, 0.6) is 5.75 Å². The molecule has 2 N–H and O–H groups in total. The Balaban J connectivity index is 2.22. The number of phenolic OH excluding ortho intramolecular Hbond substituents is 1. The maximum atomic E-state index is 11.9. The zero-order valence-corrected chi connectivity index (χ0v) is 9.64. The molecule has 0 bridgehead atoms. The van der Waals surface area contributed by atoms with Gasteiger partial charge in [-0.1, -0.05) is 0 Å². The lowest BCUT2D eigenvalue weighted by molar-refractivity contribution is 0.101. The molecule has 0 saturated carbocycles. The van der Waals surface area contributed by atoms with Crippen LogP contribution in [0.3, 0.4) is 0 Å². The van der Waals surface area contributed by atoms with E-state index in [1.165, 1.54) is 6.07 Å². The summed E-state index contributed by atoms with van der Waals surface area (Å²) in [6, 6.07) is 4.78. The van der Waals surface area contributed by atoms with Crippen molar-refractivity contribution >= 4 is 11.6 Å². The molecule has 2 rings (SSSR count). The van der Waals surface area contributed by atoms with Crippen LogP contribution in [0.1, 0.15) is 16.2 Å². The van der Waals surface area contributed by atoms with Crippen LogP contribution in [0.4, 0.5) is 5.69 Å². The molecule has 0 aliphatic rings. The van der Waals surface area contributed by atoms with Crippen molar-refractivity contribution in [1.82, 2.24) is 9.55 Å². The summed E-state index contributed by atoms with van der Waals surface area (Å²) < 4.78 is 1.64. The van der Waals surface area contributed by atoms with Crippen molar-refractivity contribution < 1.29 is 9.90 Å². The summed E-state index contributed by atoms with van der Waals surface area (Å²) in [4.78, 5) is 15.8. The van der Waals surface area contributed by atoms with Gasteiger partial charge in [-0.15, -0.1) is 0 Å². The Morgan fingerprint density at radius 1 is 1.47 bits per heavy atom. The number of nitrogens with zero attached hydrogens (tertiary/aromatic N) is 2. The molecule has 5 heteroatoms. The van der Waals surface area contributed by atoms with Crippen LogP contribution < -0.4 is 5.32 Å². The molecule has 0 spiro atoms. The van der Waals surface area contributed by atoms with Crippen LogP contribution in [0.15, 0.2) is 30.6 Å². The van der Waals surface area contributed by atoms with E-state index < -0.39 is 0 Å². The molecule has 0 radical (unpaired) electrons. The van der Waals surface area contributed by atoms with Crippen molar-refractivity contribution in [2.24, 2.45) is 7.05 Å². The highest BCUT2D eigenvalue weighted by Gasteiger charge is 2.11. The third-order valence-corrected chi connectivity index (χ3v) is 2.48. The second kappa shape index (κ2) is 4.29. The summed E-state index contributed by atoms with van der Waals surface area (Å²) in [5, 5.41) is 12.0. The van der Waals surface area contributed by atoms with E-state index >= 15 is 0 Å². The Labute approximate surface area is 98.7 Å². The Morgan fingerprint density at radius 2 is 2.24 bits per heavy atom. The number of rotatable bonds is 2.